The molecule has 0 atom stereocenters. The van der Waals surface area contributed by atoms with Gasteiger partial charge >= 0.3 is 0 Å². The van der Waals surface area contributed by atoms with Gasteiger partial charge in [0.2, 0.25) is 0 Å². The molecule has 3 rings (SSSR count). The third-order valence-electron chi connectivity index (χ3n) is 5.76. The van der Waals surface area contributed by atoms with Crippen molar-refractivity contribution in [1.29, 1.82) is 0 Å². The Balaban J connectivity index is 1.98. The van der Waals surface area contributed by atoms with E-state index in [9.17, 15) is 13.2 Å². The molecule has 0 aliphatic heterocycles. The van der Waals surface area contributed by atoms with Crippen LogP contribution in [0.3, 0.4) is 0 Å². The van der Waals surface area contributed by atoms with Crippen LogP contribution in [0.5, 0.6) is 0 Å². The number of sulfonamides is 1. The van der Waals surface area contributed by atoms with Crippen LogP contribution in [-0.2, 0) is 22.9 Å². The van der Waals surface area contributed by atoms with Gasteiger partial charge in [0.1, 0.15) is 0 Å². The molecular weight excluding hydrogens is 458 g/mol. The number of nitrogens with one attached hydrogen (secondary N) is 1. The number of rotatable bonds is 11. The third-order valence-corrected chi connectivity index (χ3v) is 7.71. The molecular formula is C28H33N3O3S. The molecule has 2 aromatic carbocycles. The second kappa shape index (κ2) is 11.7. The lowest BCUT2D eigenvalue weighted by molar-refractivity contribution is 0.599. The molecule has 0 aliphatic carbocycles. The Labute approximate surface area is 208 Å². The first-order valence-corrected chi connectivity index (χ1v) is 13.2. The van der Waals surface area contributed by atoms with E-state index in [-0.39, 0.29) is 17.0 Å². The number of para-hydroxylation sites is 1. The summed E-state index contributed by atoms with van der Waals surface area (Å²) in [5.41, 5.74) is 3.74. The van der Waals surface area contributed by atoms with Crippen molar-refractivity contribution in [2.45, 2.75) is 40.0 Å². The van der Waals surface area contributed by atoms with Crippen molar-refractivity contribution < 1.29 is 8.42 Å². The van der Waals surface area contributed by atoms with Gasteiger partial charge in [-0.15, -0.1) is 0 Å². The van der Waals surface area contributed by atoms with Crippen LogP contribution >= 0.6 is 0 Å². The number of allylic oxidation sites excluding steroid dienone is 4. The van der Waals surface area contributed by atoms with E-state index in [4.69, 9.17) is 0 Å². The molecule has 7 heteroatoms. The van der Waals surface area contributed by atoms with Crippen LogP contribution in [0.15, 0.2) is 95.2 Å². The molecule has 1 aromatic heterocycles. The van der Waals surface area contributed by atoms with Crippen LogP contribution in [0.2, 0.25) is 0 Å². The number of hydrogen-bond donors (Lipinski definition) is 1. The SMILES string of the molecule is C=C/C(=C\C=C(/C)n1[nH]c(CCC)c(Cc2ccccc2)c1=O)S(=O)(=O)N(CC)c1ccccc1. The minimum Gasteiger partial charge on any atom is -0.295 e. The van der Waals surface area contributed by atoms with Gasteiger partial charge in [-0.3, -0.25) is 14.2 Å². The first-order valence-electron chi connectivity index (χ1n) is 11.8. The smallest absolute Gasteiger partial charge is 0.274 e. The molecule has 0 aliphatic rings. The molecule has 0 unspecified atom stereocenters. The monoisotopic (exact) mass is 491 g/mol. The van der Waals surface area contributed by atoms with Crippen molar-refractivity contribution >= 4 is 21.4 Å². The zero-order valence-electron chi connectivity index (χ0n) is 20.6. The first kappa shape index (κ1) is 26.0. The lowest BCUT2D eigenvalue weighted by Gasteiger charge is -2.23. The molecule has 35 heavy (non-hydrogen) atoms. The highest BCUT2D eigenvalue weighted by Gasteiger charge is 2.24. The average Bonchev–Trinajstić information content (AvgIpc) is 3.16. The summed E-state index contributed by atoms with van der Waals surface area (Å²) in [6, 6.07) is 18.8. The number of benzene rings is 2. The molecule has 0 saturated heterocycles. The van der Waals surface area contributed by atoms with Crippen LogP contribution in [0, 0.1) is 0 Å². The standard InChI is InChI=1S/C28H33N3O3S/c1-5-14-27-26(21-23-15-10-8-11-16-23)28(32)31(29-27)22(4)19-20-25(6-2)35(33,34)30(7-3)24-17-12-9-13-18-24/h6,8-13,15-20,29H,2,5,7,14,21H2,1,3-4H3/b22-19+,25-20+. The Morgan fingerprint density at radius 3 is 2.23 bits per heavy atom. The van der Waals surface area contributed by atoms with Gasteiger partial charge in [0.25, 0.3) is 15.6 Å². The van der Waals surface area contributed by atoms with Gasteiger partial charge in [0, 0.05) is 29.9 Å². The number of anilines is 1. The number of aryl methyl sites for hydroxylation is 1. The van der Waals surface area contributed by atoms with Crippen LogP contribution in [-0.4, -0.2) is 24.7 Å². The summed E-state index contributed by atoms with van der Waals surface area (Å²) in [5.74, 6) is 0. The van der Waals surface area contributed by atoms with Crippen molar-refractivity contribution in [3.05, 3.63) is 118 Å². The number of aromatic nitrogens is 2. The van der Waals surface area contributed by atoms with Crippen molar-refractivity contribution in [3.8, 4) is 0 Å². The first-order chi connectivity index (χ1) is 16.8. The molecule has 6 nitrogen and oxygen atoms in total. The molecule has 3 aromatic rings. The number of aromatic amines is 1. The maximum absolute atomic E-state index is 13.3. The summed E-state index contributed by atoms with van der Waals surface area (Å²) in [6.07, 6.45) is 6.64. The topological polar surface area (TPSA) is 75.2 Å². The molecule has 0 spiro atoms. The van der Waals surface area contributed by atoms with E-state index < -0.39 is 10.0 Å². The fourth-order valence-corrected chi connectivity index (χ4v) is 5.40. The van der Waals surface area contributed by atoms with E-state index in [1.54, 1.807) is 44.2 Å². The van der Waals surface area contributed by atoms with Gasteiger partial charge in [0.05, 0.1) is 10.6 Å². The van der Waals surface area contributed by atoms with Crippen LogP contribution in [0.25, 0.3) is 5.70 Å². The number of nitrogens with zero attached hydrogens (tertiary/aromatic N) is 2. The van der Waals surface area contributed by atoms with Gasteiger partial charge in [-0.25, -0.2) is 13.1 Å². The molecule has 0 fully saturated rings. The summed E-state index contributed by atoms with van der Waals surface area (Å²) in [6.45, 7) is 9.63. The summed E-state index contributed by atoms with van der Waals surface area (Å²) in [7, 11) is -3.82. The third kappa shape index (κ3) is 5.92. The Kier molecular flexibility index (Phi) is 8.71. The predicted octanol–water partition coefficient (Wildman–Crippen LogP) is 5.51. The van der Waals surface area contributed by atoms with Crippen LogP contribution < -0.4 is 9.86 Å². The predicted molar refractivity (Wildman–Crippen MR) is 145 cm³/mol. The fraction of sp³-hybridized carbons (Fsp3) is 0.250. The Morgan fingerprint density at radius 1 is 1.03 bits per heavy atom. The highest BCUT2D eigenvalue weighted by Crippen LogP contribution is 2.23. The van der Waals surface area contributed by atoms with E-state index >= 15 is 0 Å². The lowest BCUT2D eigenvalue weighted by atomic mass is 10.0. The van der Waals surface area contributed by atoms with E-state index in [0.717, 1.165) is 29.7 Å². The van der Waals surface area contributed by atoms with Gasteiger partial charge in [-0.05, 0) is 56.2 Å². The van der Waals surface area contributed by atoms with Crippen molar-refractivity contribution in [2.75, 3.05) is 10.8 Å². The number of hydrogen-bond acceptors (Lipinski definition) is 3. The molecule has 1 N–H and O–H groups in total. The second-order valence-corrected chi connectivity index (χ2v) is 10.1. The summed E-state index contributed by atoms with van der Waals surface area (Å²) >= 11 is 0. The zero-order valence-corrected chi connectivity index (χ0v) is 21.4. The largest absolute Gasteiger partial charge is 0.295 e. The quantitative estimate of drug-likeness (QED) is 0.360. The Morgan fingerprint density at radius 2 is 1.66 bits per heavy atom. The van der Waals surface area contributed by atoms with E-state index in [1.807, 2.05) is 36.4 Å². The zero-order chi connectivity index (χ0) is 25.4. The number of H-pyrrole nitrogens is 1. The maximum Gasteiger partial charge on any atom is 0.274 e. The van der Waals surface area contributed by atoms with Crippen LogP contribution in [0.1, 0.15) is 44.0 Å². The van der Waals surface area contributed by atoms with Gasteiger partial charge < -0.3 is 0 Å². The molecule has 0 bridgehead atoms. The summed E-state index contributed by atoms with van der Waals surface area (Å²) in [4.78, 5) is 13.3. The van der Waals surface area contributed by atoms with E-state index in [2.05, 4.69) is 18.6 Å². The summed E-state index contributed by atoms with van der Waals surface area (Å²) in [5, 5.41) is 3.23. The van der Waals surface area contributed by atoms with Gasteiger partial charge in [-0.1, -0.05) is 68.5 Å². The Bertz CT molecular complexity index is 1370. The molecule has 0 saturated carbocycles. The van der Waals surface area contributed by atoms with Crippen LogP contribution in [0.4, 0.5) is 5.69 Å². The van der Waals surface area contributed by atoms with Crippen molar-refractivity contribution in [2.24, 2.45) is 0 Å². The molecule has 184 valence electrons. The van der Waals surface area contributed by atoms with Crippen molar-refractivity contribution in [3.63, 3.8) is 0 Å². The summed E-state index contributed by atoms with van der Waals surface area (Å²) < 4.78 is 29.5. The van der Waals surface area contributed by atoms with E-state index in [0.29, 0.717) is 17.8 Å². The van der Waals surface area contributed by atoms with Gasteiger partial charge in [0.15, 0.2) is 0 Å². The normalized spacial score (nSPS) is 12.5. The molecule has 0 amide bonds. The molecule has 0 radical (unpaired) electrons. The highest BCUT2D eigenvalue weighted by atomic mass is 32.2. The van der Waals surface area contributed by atoms with Crippen molar-refractivity contribution in [1.82, 2.24) is 9.78 Å². The van der Waals surface area contributed by atoms with E-state index in [1.165, 1.54) is 21.1 Å². The minimum absolute atomic E-state index is 0.0560. The lowest BCUT2D eigenvalue weighted by Crippen LogP contribution is -2.31. The second-order valence-electron chi connectivity index (χ2n) is 8.21. The average molecular weight is 492 g/mol. The minimum atomic E-state index is -3.82. The highest BCUT2D eigenvalue weighted by molar-refractivity contribution is 7.96. The maximum atomic E-state index is 13.3. The molecule has 1 heterocycles. The fourth-order valence-electron chi connectivity index (χ4n) is 3.95. The van der Waals surface area contributed by atoms with Gasteiger partial charge in [-0.2, -0.15) is 0 Å². The Hall–Kier alpha value is -3.58.